The van der Waals surface area contributed by atoms with E-state index in [9.17, 15) is 8.78 Å². The lowest BCUT2D eigenvalue weighted by Crippen LogP contribution is -2.04. The Hall–Kier alpha value is -0.770. The van der Waals surface area contributed by atoms with Gasteiger partial charge in [-0.1, -0.05) is 13.8 Å². The third kappa shape index (κ3) is 3.67. The average Bonchev–Trinajstić information content (AvgIpc) is 2.21. The molecule has 0 N–H and O–H groups in total. The van der Waals surface area contributed by atoms with Crippen LogP contribution in [0.4, 0.5) is 8.78 Å². The van der Waals surface area contributed by atoms with Crippen molar-refractivity contribution in [2.75, 3.05) is 12.9 Å². The summed E-state index contributed by atoms with van der Waals surface area (Å²) >= 11 is 1.30. The Morgan fingerprint density at radius 1 is 1.25 bits per heavy atom. The van der Waals surface area contributed by atoms with Crippen molar-refractivity contribution in [1.82, 2.24) is 0 Å². The molecule has 0 saturated carbocycles. The Kier molecular flexibility index (Phi) is 5.06. The topological polar surface area (TPSA) is 9.23 Å². The lowest BCUT2D eigenvalue weighted by Gasteiger charge is -2.10. The van der Waals surface area contributed by atoms with Gasteiger partial charge in [0.1, 0.15) is 0 Å². The zero-order chi connectivity index (χ0) is 12.1. The standard InChI is InChI=1S/C12H16F2OS/c1-8(2)4-5-15-12-10(13)6-9(16-3)7-11(12)14/h6-8H,4-5H2,1-3H3. The fourth-order valence-corrected chi connectivity index (χ4v) is 1.63. The largest absolute Gasteiger partial charge is 0.488 e. The summed E-state index contributed by atoms with van der Waals surface area (Å²) < 4.78 is 32.0. The van der Waals surface area contributed by atoms with Crippen LogP contribution in [0.3, 0.4) is 0 Å². The highest BCUT2D eigenvalue weighted by Crippen LogP contribution is 2.27. The summed E-state index contributed by atoms with van der Waals surface area (Å²) in [7, 11) is 0. The van der Waals surface area contributed by atoms with Crippen molar-refractivity contribution < 1.29 is 13.5 Å². The number of hydrogen-bond donors (Lipinski definition) is 0. The molecule has 0 amide bonds. The van der Waals surface area contributed by atoms with Crippen molar-refractivity contribution in [2.24, 2.45) is 5.92 Å². The summed E-state index contributed by atoms with van der Waals surface area (Å²) in [6.45, 7) is 4.41. The van der Waals surface area contributed by atoms with Gasteiger partial charge in [0, 0.05) is 4.90 Å². The van der Waals surface area contributed by atoms with Crippen molar-refractivity contribution in [2.45, 2.75) is 25.2 Å². The molecule has 0 unspecified atom stereocenters. The van der Waals surface area contributed by atoms with Crippen LogP contribution in [-0.4, -0.2) is 12.9 Å². The van der Waals surface area contributed by atoms with Gasteiger partial charge in [-0.3, -0.25) is 0 Å². The molecule has 16 heavy (non-hydrogen) atoms. The van der Waals surface area contributed by atoms with E-state index in [1.165, 1.54) is 23.9 Å². The minimum absolute atomic E-state index is 0.265. The van der Waals surface area contributed by atoms with E-state index in [0.717, 1.165) is 6.42 Å². The SMILES string of the molecule is CSc1cc(F)c(OCCC(C)C)c(F)c1. The molecule has 0 aliphatic carbocycles. The summed E-state index contributed by atoms with van der Waals surface area (Å²) in [6.07, 6.45) is 2.55. The third-order valence-corrected chi connectivity index (χ3v) is 2.86. The lowest BCUT2D eigenvalue weighted by molar-refractivity contribution is 0.263. The zero-order valence-electron chi connectivity index (χ0n) is 9.72. The second kappa shape index (κ2) is 6.09. The molecular weight excluding hydrogens is 230 g/mol. The van der Waals surface area contributed by atoms with Gasteiger partial charge in [-0.2, -0.15) is 0 Å². The highest BCUT2D eigenvalue weighted by molar-refractivity contribution is 7.98. The highest BCUT2D eigenvalue weighted by Gasteiger charge is 2.12. The minimum Gasteiger partial charge on any atom is -0.488 e. The molecule has 0 spiro atoms. The van der Waals surface area contributed by atoms with Gasteiger partial charge in [0.25, 0.3) is 0 Å². The quantitative estimate of drug-likeness (QED) is 0.723. The fourth-order valence-electron chi connectivity index (χ4n) is 1.19. The van der Waals surface area contributed by atoms with Crippen LogP contribution in [0.25, 0.3) is 0 Å². The maximum atomic E-state index is 13.4. The van der Waals surface area contributed by atoms with Crippen molar-refractivity contribution in [3.05, 3.63) is 23.8 Å². The first-order valence-corrected chi connectivity index (χ1v) is 6.43. The van der Waals surface area contributed by atoms with E-state index in [2.05, 4.69) is 0 Å². The summed E-state index contributed by atoms with van der Waals surface area (Å²) in [5.74, 6) is -1.07. The Bertz CT molecular complexity index is 330. The maximum Gasteiger partial charge on any atom is 0.190 e. The predicted molar refractivity (Wildman–Crippen MR) is 63.1 cm³/mol. The predicted octanol–water partition coefficient (Wildman–Crippen LogP) is 4.11. The highest BCUT2D eigenvalue weighted by atomic mass is 32.2. The van der Waals surface area contributed by atoms with Crippen LogP contribution in [0.5, 0.6) is 5.75 Å². The van der Waals surface area contributed by atoms with E-state index in [-0.39, 0.29) is 5.75 Å². The van der Waals surface area contributed by atoms with Crippen LogP contribution in [0.2, 0.25) is 0 Å². The van der Waals surface area contributed by atoms with Gasteiger partial charge in [-0.25, -0.2) is 8.78 Å². The summed E-state index contributed by atoms with van der Waals surface area (Å²) in [4.78, 5) is 0.561. The van der Waals surface area contributed by atoms with E-state index in [4.69, 9.17) is 4.74 Å². The van der Waals surface area contributed by atoms with Crippen molar-refractivity contribution in [3.8, 4) is 5.75 Å². The van der Waals surface area contributed by atoms with Gasteiger partial charge in [-0.05, 0) is 30.7 Å². The molecule has 0 bridgehead atoms. The maximum absolute atomic E-state index is 13.4. The molecule has 0 saturated heterocycles. The van der Waals surface area contributed by atoms with Crippen LogP contribution < -0.4 is 4.74 Å². The second-order valence-corrected chi connectivity index (χ2v) is 4.83. The minimum atomic E-state index is -0.631. The summed E-state index contributed by atoms with van der Waals surface area (Å²) in [5, 5.41) is 0. The molecule has 0 aliphatic heterocycles. The first kappa shape index (κ1) is 13.3. The summed E-state index contributed by atoms with van der Waals surface area (Å²) in [5.41, 5.74) is 0. The molecule has 1 nitrogen and oxygen atoms in total. The second-order valence-electron chi connectivity index (χ2n) is 3.95. The molecule has 0 aliphatic rings. The van der Waals surface area contributed by atoms with E-state index in [1.54, 1.807) is 6.26 Å². The van der Waals surface area contributed by atoms with Gasteiger partial charge in [0.05, 0.1) is 6.61 Å². The molecular formula is C12H16F2OS. The Balaban J connectivity index is 2.72. The van der Waals surface area contributed by atoms with Crippen LogP contribution in [0.1, 0.15) is 20.3 Å². The number of rotatable bonds is 5. The molecule has 1 rings (SSSR count). The van der Waals surface area contributed by atoms with Crippen molar-refractivity contribution in [3.63, 3.8) is 0 Å². The smallest absolute Gasteiger partial charge is 0.190 e. The van der Waals surface area contributed by atoms with Gasteiger partial charge in [0.15, 0.2) is 17.4 Å². The molecule has 0 radical (unpaired) electrons. The number of benzene rings is 1. The first-order chi connectivity index (χ1) is 7.54. The average molecular weight is 246 g/mol. The van der Waals surface area contributed by atoms with E-state index < -0.39 is 11.6 Å². The fraction of sp³-hybridized carbons (Fsp3) is 0.500. The van der Waals surface area contributed by atoms with E-state index >= 15 is 0 Å². The molecule has 0 aromatic heterocycles. The van der Waals surface area contributed by atoms with Crippen LogP contribution in [0, 0.1) is 17.6 Å². The molecule has 1 aromatic rings. The zero-order valence-corrected chi connectivity index (χ0v) is 10.5. The Morgan fingerprint density at radius 2 is 1.81 bits per heavy atom. The van der Waals surface area contributed by atoms with E-state index in [0.29, 0.717) is 17.4 Å². The molecule has 90 valence electrons. The van der Waals surface area contributed by atoms with Gasteiger partial charge in [0.2, 0.25) is 0 Å². The van der Waals surface area contributed by atoms with Gasteiger partial charge in [-0.15, -0.1) is 11.8 Å². The number of thioether (sulfide) groups is 1. The van der Waals surface area contributed by atoms with Crippen molar-refractivity contribution >= 4 is 11.8 Å². The number of hydrogen-bond acceptors (Lipinski definition) is 2. The van der Waals surface area contributed by atoms with Crippen LogP contribution >= 0.6 is 11.8 Å². The third-order valence-electron chi connectivity index (χ3n) is 2.15. The van der Waals surface area contributed by atoms with Gasteiger partial charge >= 0.3 is 0 Å². The van der Waals surface area contributed by atoms with Crippen molar-refractivity contribution in [1.29, 1.82) is 0 Å². The molecule has 0 heterocycles. The number of ether oxygens (including phenoxy) is 1. The van der Waals surface area contributed by atoms with Crippen LogP contribution in [-0.2, 0) is 0 Å². The molecule has 0 atom stereocenters. The monoisotopic (exact) mass is 246 g/mol. The molecule has 4 heteroatoms. The molecule has 0 fully saturated rings. The molecule has 1 aromatic carbocycles. The van der Waals surface area contributed by atoms with Crippen LogP contribution in [0.15, 0.2) is 17.0 Å². The van der Waals surface area contributed by atoms with E-state index in [1.807, 2.05) is 13.8 Å². The normalized spacial score (nSPS) is 10.9. The number of halogens is 2. The summed E-state index contributed by atoms with van der Waals surface area (Å²) in [6, 6.07) is 2.58. The first-order valence-electron chi connectivity index (χ1n) is 5.20. The Morgan fingerprint density at radius 3 is 2.25 bits per heavy atom. The lowest BCUT2D eigenvalue weighted by atomic mass is 10.1. The Labute approximate surface area is 99.2 Å². The van der Waals surface area contributed by atoms with Gasteiger partial charge < -0.3 is 4.74 Å².